The molecule has 0 bridgehead atoms. The van der Waals surface area contributed by atoms with Crippen LogP contribution in [0.5, 0.6) is 0 Å². The van der Waals surface area contributed by atoms with Crippen molar-refractivity contribution in [3.8, 4) is 11.1 Å². The van der Waals surface area contributed by atoms with Crippen LogP contribution < -0.4 is 5.73 Å². The standard InChI is InChI=1S/C24H29N3O3/c25-22(28)21-4-2-12-27(17-21)23(29)24(9-13-30-14-10-24)15-18-5-7-19(8-6-18)20-3-1-11-26-16-20/h1,3,5-8,11,16,21H,2,4,9-10,12-15,17H2,(H2,25,28)/t21-/m1/s1. The highest BCUT2D eigenvalue weighted by Gasteiger charge is 2.43. The number of amides is 2. The van der Waals surface area contributed by atoms with Gasteiger partial charge in [-0.2, -0.15) is 0 Å². The van der Waals surface area contributed by atoms with Gasteiger partial charge < -0.3 is 15.4 Å². The second-order valence-corrected chi connectivity index (χ2v) is 8.50. The molecule has 158 valence electrons. The van der Waals surface area contributed by atoms with Crippen LogP contribution in [-0.2, 0) is 20.7 Å². The smallest absolute Gasteiger partial charge is 0.229 e. The lowest BCUT2D eigenvalue weighted by Gasteiger charge is -2.42. The fourth-order valence-corrected chi connectivity index (χ4v) is 4.70. The number of likely N-dealkylation sites (tertiary alicyclic amines) is 1. The van der Waals surface area contributed by atoms with Crippen LogP contribution in [0.25, 0.3) is 11.1 Å². The lowest BCUT2D eigenvalue weighted by molar-refractivity contribution is -0.150. The van der Waals surface area contributed by atoms with Gasteiger partial charge in [-0.05, 0) is 54.9 Å². The third kappa shape index (κ3) is 4.38. The monoisotopic (exact) mass is 407 g/mol. The number of hydrogen-bond acceptors (Lipinski definition) is 4. The zero-order chi connectivity index (χ0) is 21.0. The summed E-state index contributed by atoms with van der Waals surface area (Å²) in [7, 11) is 0. The quantitative estimate of drug-likeness (QED) is 0.826. The second kappa shape index (κ2) is 8.96. The van der Waals surface area contributed by atoms with E-state index in [1.54, 1.807) is 6.20 Å². The van der Waals surface area contributed by atoms with Gasteiger partial charge in [-0.15, -0.1) is 0 Å². The van der Waals surface area contributed by atoms with Crippen LogP contribution in [-0.4, -0.2) is 48.0 Å². The third-order valence-corrected chi connectivity index (χ3v) is 6.51. The van der Waals surface area contributed by atoms with Crippen molar-refractivity contribution >= 4 is 11.8 Å². The maximum atomic E-state index is 13.6. The van der Waals surface area contributed by atoms with Crippen molar-refractivity contribution in [3.05, 3.63) is 54.4 Å². The number of carbonyl (C=O) groups is 2. The average Bonchev–Trinajstić information content (AvgIpc) is 2.80. The molecule has 6 nitrogen and oxygen atoms in total. The molecule has 1 aromatic heterocycles. The molecular formula is C24H29N3O3. The summed E-state index contributed by atoms with van der Waals surface area (Å²) >= 11 is 0. The van der Waals surface area contributed by atoms with E-state index in [0.717, 1.165) is 29.5 Å². The Hall–Kier alpha value is -2.73. The molecule has 2 fully saturated rings. The molecule has 0 spiro atoms. The van der Waals surface area contributed by atoms with E-state index < -0.39 is 5.41 Å². The van der Waals surface area contributed by atoms with Crippen LogP contribution in [0.2, 0.25) is 0 Å². The predicted molar refractivity (Wildman–Crippen MR) is 114 cm³/mol. The molecule has 6 heteroatoms. The maximum Gasteiger partial charge on any atom is 0.229 e. The van der Waals surface area contributed by atoms with Crippen molar-refractivity contribution in [1.82, 2.24) is 9.88 Å². The van der Waals surface area contributed by atoms with Crippen molar-refractivity contribution in [2.24, 2.45) is 17.1 Å². The Bertz CT molecular complexity index is 876. The van der Waals surface area contributed by atoms with Crippen LogP contribution in [0.15, 0.2) is 48.8 Å². The van der Waals surface area contributed by atoms with Crippen LogP contribution in [0.3, 0.4) is 0 Å². The highest BCUT2D eigenvalue weighted by molar-refractivity contribution is 5.85. The number of piperidine rings is 1. The first-order chi connectivity index (χ1) is 14.6. The molecule has 1 atom stereocenters. The Morgan fingerprint density at radius 2 is 1.90 bits per heavy atom. The van der Waals surface area contributed by atoms with Gasteiger partial charge in [-0.1, -0.05) is 30.3 Å². The number of carbonyl (C=O) groups excluding carboxylic acids is 2. The van der Waals surface area contributed by atoms with Crippen LogP contribution >= 0.6 is 0 Å². The molecular weight excluding hydrogens is 378 g/mol. The highest BCUT2D eigenvalue weighted by Crippen LogP contribution is 2.38. The first-order valence-corrected chi connectivity index (χ1v) is 10.7. The summed E-state index contributed by atoms with van der Waals surface area (Å²) in [5, 5.41) is 0. The van der Waals surface area contributed by atoms with Gasteiger partial charge in [-0.3, -0.25) is 14.6 Å². The summed E-state index contributed by atoms with van der Waals surface area (Å²) in [6.45, 7) is 2.32. The van der Waals surface area contributed by atoms with E-state index in [9.17, 15) is 9.59 Å². The summed E-state index contributed by atoms with van der Waals surface area (Å²) in [5.41, 5.74) is 8.37. The van der Waals surface area contributed by atoms with Gasteiger partial charge in [0.1, 0.15) is 0 Å². The molecule has 2 saturated heterocycles. The van der Waals surface area contributed by atoms with Gasteiger partial charge in [-0.25, -0.2) is 0 Å². The van der Waals surface area contributed by atoms with Crippen molar-refractivity contribution in [3.63, 3.8) is 0 Å². The summed E-state index contributed by atoms with van der Waals surface area (Å²) in [6, 6.07) is 12.4. The molecule has 2 N–H and O–H groups in total. The minimum Gasteiger partial charge on any atom is -0.381 e. The number of ether oxygens (including phenoxy) is 1. The normalized spacial score (nSPS) is 21.2. The molecule has 2 amide bonds. The first kappa shape index (κ1) is 20.5. The molecule has 2 aromatic rings. The lowest BCUT2D eigenvalue weighted by atomic mass is 9.73. The number of hydrogen-bond donors (Lipinski definition) is 1. The molecule has 1 aromatic carbocycles. The number of benzene rings is 1. The van der Waals surface area contributed by atoms with Crippen molar-refractivity contribution in [1.29, 1.82) is 0 Å². The van der Waals surface area contributed by atoms with Gasteiger partial charge >= 0.3 is 0 Å². The van der Waals surface area contributed by atoms with E-state index in [0.29, 0.717) is 45.6 Å². The van der Waals surface area contributed by atoms with Gasteiger partial charge in [0.05, 0.1) is 11.3 Å². The first-order valence-electron chi connectivity index (χ1n) is 10.7. The summed E-state index contributed by atoms with van der Waals surface area (Å²) in [4.78, 5) is 31.4. The van der Waals surface area contributed by atoms with Crippen molar-refractivity contribution < 1.29 is 14.3 Å². The molecule has 3 heterocycles. The third-order valence-electron chi connectivity index (χ3n) is 6.51. The minimum atomic E-state index is -0.479. The summed E-state index contributed by atoms with van der Waals surface area (Å²) in [5.74, 6) is -0.397. The second-order valence-electron chi connectivity index (χ2n) is 8.50. The summed E-state index contributed by atoms with van der Waals surface area (Å²) < 4.78 is 5.58. The van der Waals surface area contributed by atoms with Gasteiger partial charge in [0.2, 0.25) is 11.8 Å². The zero-order valence-corrected chi connectivity index (χ0v) is 17.3. The molecule has 0 unspecified atom stereocenters. The fourth-order valence-electron chi connectivity index (χ4n) is 4.70. The van der Waals surface area contributed by atoms with Gasteiger partial charge in [0, 0.05) is 38.7 Å². The summed E-state index contributed by atoms with van der Waals surface area (Å²) in [6.07, 6.45) is 7.30. The average molecular weight is 408 g/mol. The molecule has 2 aliphatic rings. The predicted octanol–water partition coefficient (Wildman–Crippen LogP) is 2.81. The van der Waals surface area contributed by atoms with E-state index >= 15 is 0 Å². The Kier molecular flexibility index (Phi) is 6.13. The number of nitrogens with two attached hydrogens (primary N) is 1. The van der Waals surface area contributed by atoms with Crippen LogP contribution in [0.1, 0.15) is 31.2 Å². The molecule has 4 rings (SSSR count). The Morgan fingerprint density at radius 3 is 2.57 bits per heavy atom. The number of pyridine rings is 1. The maximum absolute atomic E-state index is 13.6. The number of aromatic nitrogens is 1. The molecule has 0 aliphatic carbocycles. The molecule has 0 saturated carbocycles. The van der Waals surface area contributed by atoms with Crippen LogP contribution in [0, 0.1) is 11.3 Å². The Morgan fingerprint density at radius 1 is 1.13 bits per heavy atom. The van der Waals surface area contributed by atoms with Gasteiger partial charge in [0.15, 0.2) is 0 Å². The minimum absolute atomic E-state index is 0.146. The fraction of sp³-hybridized carbons (Fsp3) is 0.458. The topological polar surface area (TPSA) is 85.5 Å². The lowest BCUT2D eigenvalue weighted by Crippen LogP contribution is -2.52. The van der Waals surface area contributed by atoms with E-state index in [-0.39, 0.29) is 17.7 Å². The largest absolute Gasteiger partial charge is 0.381 e. The Labute approximate surface area is 177 Å². The van der Waals surface area contributed by atoms with E-state index in [1.165, 1.54) is 0 Å². The van der Waals surface area contributed by atoms with E-state index in [1.807, 2.05) is 23.2 Å². The highest BCUT2D eigenvalue weighted by atomic mass is 16.5. The van der Waals surface area contributed by atoms with Crippen LogP contribution in [0.4, 0.5) is 0 Å². The van der Waals surface area contributed by atoms with Gasteiger partial charge in [0.25, 0.3) is 0 Å². The van der Waals surface area contributed by atoms with Crippen molar-refractivity contribution in [2.45, 2.75) is 32.1 Å². The van der Waals surface area contributed by atoms with E-state index in [2.05, 4.69) is 29.2 Å². The number of nitrogens with zero attached hydrogens (tertiary/aromatic N) is 2. The van der Waals surface area contributed by atoms with E-state index in [4.69, 9.17) is 10.5 Å². The molecule has 2 aliphatic heterocycles. The zero-order valence-electron chi connectivity index (χ0n) is 17.3. The number of rotatable bonds is 5. The Balaban J connectivity index is 1.53. The molecule has 30 heavy (non-hydrogen) atoms. The molecule has 0 radical (unpaired) electrons. The number of primary amides is 1. The SMILES string of the molecule is NC(=O)[C@@H]1CCCN(C(=O)C2(Cc3ccc(-c4cccnc4)cc3)CCOCC2)C1. The van der Waals surface area contributed by atoms with Crippen molar-refractivity contribution in [2.75, 3.05) is 26.3 Å².